The molecular weight excluding hydrogens is 365 g/mol. The molecular formula is C19H30N3O4P. The zero-order valence-electron chi connectivity index (χ0n) is 15.8. The lowest BCUT2D eigenvalue weighted by molar-refractivity contribution is 0.185. The summed E-state index contributed by atoms with van der Waals surface area (Å²) in [7, 11) is -4.54. The standard InChI is InChI=1S/C19H30N3O4P/c1-2-3-4-5-6-7-8-15-9-11-16(12-10-15)18-13-21-19(22-18)17(20)14-26-27(23,24)25/h9-13,17H,2-8,14,20H2,1H3,(H,21,22)(H2,23,24,25)/t17-/m1/s1. The third kappa shape index (κ3) is 7.95. The number of nitrogens with zero attached hydrogens (tertiary/aromatic N) is 1. The maximum Gasteiger partial charge on any atom is 0.469 e. The molecule has 5 N–H and O–H groups in total. The van der Waals surface area contributed by atoms with Crippen LogP contribution < -0.4 is 5.73 Å². The summed E-state index contributed by atoms with van der Waals surface area (Å²) in [5.41, 5.74) is 8.97. The number of phosphoric ester groups is 1. The number of rotatable bonds is 12. The summed E-state index contributed by atoms with van der Waals surface area (Å²) in [6.45, 7) is 1.92. The number of aryl methyl sites for hydroxylation is 1. The molecule has 0 unspecified atom stereocenters. The number of aromatic amines is 1. The van der Waals surface area contributed by atoms with Crippen LogP contribution in [0.1, 0.15) is 62.9 Å². The summed E-state index contributed by atoms with van der Waals surface area (Å²) in [5, 5.41) is 0. The highest BCUT2D eigenvalue weighted by atomic mass is 31.2. The van der Waals surface area contributed by atoms with Crippen LogP contribution in [0.3, 0.4) is 0 Å². The van der Waals surface area contributed by atoms with Gasteiger partial charge in [0.15, 0.2) is 0 Å². The van der Waals surface area contributed by atoms with E-state index in [0.717, 1.165) is 17.7 Å². The molecule has 27 heavy (non-hydrogen) atoms. The molecule has 150 valence electrons. The lowest BCUT2D eigenvalue weighted by Gasteiger charge is -2.10. The fourth-order valence-corrected chi connectivity index (χ4v) is 3.24. The molecule has 0 amide bonds. The number of aromatic nitrogens is 2. The summed E-state index contributed by atoms with van der Waals surface area (Å²) in [4.78, 5) is 24.8. The monoisotopic (exact) mass is 395 g/mol. The van der Waals surface area contributed by atoms with Crippen molar-refractivity contribution in [2.75, 3.05) is 6.61 Å². The fourth-order valence-electron chi connectivity index (χ4n) is 2.89. The van der Waals surface area contributed by atoms with Gasteiger partial charge in [0.1, 0.15) is 5.82 Å². The van der Waals surface area contributed by atoms with E-state index in [9.17, 15) is 4.57 Å². The van der Waals surface area contributed by atoms with E-state index >= 15 is 0 Å². The van der Waals surface area contributed by atoms with Gasteiger partial charge in [-0.3, -0.25) is 4.52 Å². The molecule has 0 aliphatic rings. The van der Waals surface area contributed by atoms with Crippen LogP contribution in [0.25, 0.3) is 11.3 Å². The molecule has 0 aliphatic heterocycles. The first-order valence-corrected chi connectivity index (χ1v) is 11.0. The van der Waals surface area contributed by atoms with E-state index in [1.54, 1.807) is 6.20 Å². The molecule has 0 fully saturated rings. The van der Waals surface area contributed by atoms with Crippen LogP contribution in [0.15, 0.2) is 30.5 Å². The minimum atomic E-state index is -4.54. The first kappa shape index (κ1) is 21.8. The Balaban J connectivity index is 1.84. The van der Waals surface area contributed by atoms with E-state index in [0.29, 0.717) is 5.82 Å². The largest absolute Gasteiger partial charge is 0.469 e. The van der Waals surface area contributed by atoms with Crippen LogP contribution in [0.5, 0.6) is 0 Å². The fraction of sp³-hybridized carbons (Fsp3) is 0.526. The molecule has 2 rings (SSSR count). The van der Waals surface area contributed by atoms with Crippen molar-refractivity contribution in [2.45, 2.75) is 57.9 Å². The smallest absolute Gasteiger partial charge is 0.341 e. The summed E-state index contributed by atoms with van der Waals surface area (Å²) < 4.78 is 15.2. The summed E-state index contributed by atoms with van der Waals surface area (Å²) in [6, 6.07) is 7.60. The molecule has 0 spiro atoms. The van der Waals surface area contributed by atoms with Crippen molar-refractivity contribution in [3.63, 3.8) is 0 Å². The quantitative estimate of drug-likeness (QED) is 0.317. The Bertz CT molecular complexity index is 727. The molecule has 1 aromatic carbocycles. The Kier molecular flexibility index (Phi) is 8.67. The molecule has 2 aromatic rings. The lowest BCUT2D eigenvalue weighted by atomic mass is 10.0. The average Bonchev–Trinajstić information content (AvgIpc) is 3.13. The van der Waals surface area contributed by atoms with Crippen LogP contribution in [0.2, 0.25) is 0 Å². The third-order valence-corrected chi connectivity index (χ3v) is 4.94. The molecule has 0 radical (unpaired) electrons. The van der Waals surface area contributed by atoms with Crippen LogP contribution in [-0.4, -0.2) is 26.4 Å². The van der Waals surface area contributed by atoms with Crippen molar-refractivity contribution in [1.82, 2.24) is 9.97 Å². The van der Waals surface area contributed by atoms with Gasteiger partial charge in [0.25, 0.3) is 0 Å². The van der Waals surface area contributed by atoms with E-state index in [1.807, 2.05) is 12.1 Å². The topological polar surface area (TPSA) is 121 Å². The van der Waals surface area contributed by atoms with Gasteiger partial charge >= 0.3 is 7.82 Å². The minimum Gasteiger partial charge on any atom is -0.341 e. The van der Waals surface area contributed by atoms with E-state index in [2.05, 4.69) is 33.5 Å². The number of hydrogen-bond donors (Lipinski definition) is 4. The Morgan fingerprint density at radius 1 is 1.15 bits per heavy atom. The van der Waals surface area contributed by atoms with Crippen molar-refractivity contribution in [2.24, 2.45) is 5.73 Å². The number of H-pyrrole nitrogens is 1. The number of benzene rings is 1. The van der Waals surface area contributed by atoms with Gasteiger partial charge in [-0.25, -0.2) is 9.55 Å². The zero-order chi connectivity index (χ0) is 19.7. The second-order valence-corrected chi connectivity index (χ2v) is 8.03. The predicted octanol–water partition coefficient (Wildman–Crippen LogP) is 4.09. The van der Waals surface area contributed by atoms with Crippen molar-refractivity contribution < 1.29 is 18.9 Å². The highest BCUT2D eigenvalue weighted by Gasteiger charge is 2.19. The number of nitrogens with one attached hydrogen (secondary N) is 1. The number of nitrogens with two attached hydrogens (primary N) is 1. The zero-order valence-corrected chi connectivity index (χ0v) is 16.7. The van der Waals surface area contributed by atoms with E-state index in [4.69, 9.17) is 15.5 Å². The molecule has 1 heterocycles. The van der Waals surface area contributed by atoms with Gasteiger partial charge in [-0.05, 0) is 24.0 Å². The van der Waals surface area contributed by atoms with Gasteiger partial charge in [0.05, 0.1) is 24.5 Å². The van der Waals surface area contributed by atoms with Gasteiger partial charge in [-0.2, -0.15) is 0 Å². The van der Waals surface area contributed by atoms with Crippen LogP contribution in [0, 0.1) is 0 Å². The average molecular weight is 395 g/mol. The van der Waals surface area contributed by atoms with Gasteiger partial charge < -0.3 is 20.5 Å². The molecule has 0 saturated heterocycles. The Labute approximate surface area is 160 Å². The summed E-state index contributed by atoms with van der Waals surface area (Å²) >= 11 is 0. The Hall–Kier alpha value is -1.50. The van der Waals surface area contributed by atoms with Crippen LogP contribution in [-0.2, 0) is 15.5 Å². The van der Waals surface area contributed by atoms with Gasteiger partial charge in [0.2, 0.25) is 0 Å². The number of phosphoric acid groups is 1. The van der Waals surface area contributed by atoms with E-state index < -0.39 is 13.9 Å². The molecule has 0 aliphatic carbocycles. The Morgan fingerprint density at radius 3 is 2.48 bits per heavy atom. The highest BCUT2D eigenvalue weighted by Crippen LogP contribution is 2.36. The van der Waals surface area contributed by atoms with Gasteiger partial charge in [-0.1, -0.05) is 63.3 Å². The second-order valence-electron chi connectivity index (χ2n) is 6.79. The lowest BCUT2D eigenvalue weighted by Crippen LogP contribution is -2.17. The van der Waals surface area contributed by atoms with E-state index in [1.165, 1.54) is 44.1 Å². The number of hydrogen-bond acceptors (Lipinski definition) is 4. The predicted molar refractivity (Wildman–Crippen MR) is 106 cm³/mol. The summed E-state index contributed by atoms with van der Waals surface area (Å²) in [6.07, 6.45) is 10.5. The van der Waals surface area contributed by atoms with Crippen LogP contribution in [0.4, 0.5) is 0 Å². The summed E-state index contributed by atoms with van der Waals surface area (Å²) in [5.74, 6) is 0.426. The second kappa shape index (κ2) is 10.7. The normalized spacial score (nSPS) is 13.0. The maximum absolute atomic E-state index is 10.8. The first-order valence-electron chi connectivity index (χ1n) is 9.49. The number of unbranched alkanes of at least 4 members (excludes halogenated alkanes) is 5. The molecule has 1 aromatic heterocycles. The van der Waals surface area contributed by atoms with Gasteiger partial charge in [0, 0.05) is 0 Å². The SMILES string of the molecule is CCCCCCCCc1ccc(-c2cnc([C@H](N)COP(=O)(O)O)[nH]2)cc1. The third-order valence-electron chi connectivity index (χ3n) is 4.45. The maximum atomic E-state index is 10.8. The Morgan fingerprint density at radius 2 is 1.81 bits per heavy atom. The van der Waals surface area contributed by atoms with Crippen LogP contribution >= 0.6 is 7.82 Å². The van der Waals surface area contributed by atoms with Crippen molar-refractivity contribution in [3.05, 3.63) is 41.9 Å². The van der Waals surface area contributed by atoms with Crippen molar-refractivity contribution >= 4 is 7.82 Å². The molecule has 1 atom stereocenters. The molecule has 7 nitrogen and oxygen atoms in total. The first-order chi connectivity index (χ1) is 12.9. The highest BCUT2D eigenvalue weighted by molar-refractivity contribution is 7.46. The number of imidazole rings is 1. The van der Waals surface area contributed by atoms with Crippen molar-refractivity contribution in [3.8, 4) is 11.3 Å². The van der Waals surface area contributed by atoms with Crippen molar-refractivity contribution in [1.29, 1.82) is 0 Å². The molecule has 8 heteroatoms. The molecule has 0 saturated carbocycles. The minimum absolute atomic E-state index is 0.311. The van der Waals surface area contributed by atoms with Gasteiger partial charge in [-0.15, -0.1) is 0 Å². The van der Waals surface area contributed by atoms with E-state index in [-0.39, 0.29) is 6.61 Å². The molecule has 0 bridgehead atoms.